The number of hydrogen-bond acceptors (Lipinski definition) is 6. The Kier molecular flexibility index (Phi) is 5.27. The van der Waals surface area contributed by atoms with Crippen LogP contribution in [0.2, 0.25) is 0 Å². The van der Waals surface area contributed by atoms with Crippen LogP contribution >= 0.6 is 15.9 Å². The molecule has 166 valence electrons. The minimum absolute atomic E-state index is 0.377. The van der Waals surface area contributed by atoms with Crippen molar-refractivity contribution in [1.29, 1.82) is 0 Å². The Hall–Kier alpha value is -2.75. The summed E-state index contributed by atoms with van der Waals surface area (Å²) in [7, 11) is 0. The van der Waals surface area contributed by atoms with Crippen LogP contribution in [0.15, 0.2) is 53.3 Å². The molecule has 1 aromatic carbocycles. The highest BCUT2D eigenvalue weighted by atomic mass is 79.9. The van der Waals surface area contributed by atoms with E-state index < -0.39 is 30.3 Å². The molecular formula is C23H23BrFN5O2. The van der Waals surface area contributed by atoms with Crippen molar-refractivity contribution in [1.82, 2.24) is 14.5 Å². The topological polar surface area (TPSA) is 123 Å². The Morgan fingerprint density at radius 3 is 2.72 bits per heavy atom. The van der Waals surface area contributed by atoms with Gasteiger partial charge in [-0.1, -0.05) is 12.1 Å². The summed E-state index contributed by atoms with van der Waals surface area (Å²) in [5, 5.41) is 23.0. The summed E-state index contributed by atoms with van der Waals surface area (Å²) in [6, 6.07) is 10.2. The number of nitrogen functional groups attached to an aromatic ring is 2. The van der Waals surface area contributed by atoms with Crippen molar-refractivity contribution >= 4 is 49.4 Å². The van der Waals surface area contributed by atoms with E-state index in [-0.39, 0.29) is 0 Å². The van der Waals surface area contributed by atoms with Crippen molar-refractivity contribution in [3.05, 3.63) is 58.8 Å². The molecule has 0 unspecified atom stereocenters. The first kappa shape index (κ1) is 21.1. The van der Waals surface area contributed by atoms with E-state index >= 15 is 4.39 Å². The van der Waals surface area contributed by atoms with E-state index in [0.717, 1.165) is 20.9 Å². The molecule has 7 nitrogen and oxygen atoms in total. The van der Waals surface area contributed by atoms with Crippen LogP contribution < -0.4 is 11.5 Å². The van der Waals surface area contributed by atoms with Gasteiger partial charge in [0.25, 0.3) is 0 Å². The normalized spacial score (nSPS) is 25.7. The molecule has 0 saturated heterocycles. The number of hydrogen-bond donors (Lipinski definition) is 4. The van der Waals surface area contributed by atoms with Crippen molar-refractivity contribution < 1.29 is 14.6 Å². The molecule has 0 spiro atoms. The predicted molar refractivity (Wildman–Crippen MR) is 126 cm³/mol. The summed E-state index contributed by atoms with van der Waals surface area (Å²) in [6.07, 6.45) is 0.262. The maximum atomic E-state index is 15.6. The number of benzene rings is 1. The number of nitrogens with two attached hydrogens (primary N) is 2. The van der Waals surface area contributed by atoms with Crippen LogP contribution in [0.1, 0.15) is 18.0 Å². The van der Waals surface area contributed by atoms with Gasteiger partial charge in [-0.3, -0.25) is 0 Å². The number of aliphatic hydroxyl groups excluding tert-OH is 2. The minimum Gasteiger partial charge on any atom is -0.398 e. The number of halogens is 2. The van der Waals surface area contributed by atoms with Crippen LogP contribution in [0.5, 0.6) is 0 Å². The lowest BCUT2D eigenvalue weighted by atomic mass is 9.94. The number of pyridine rings is 2. The van der Waals surface area contributed by atoms with Gasteiger partial charge in [-0.2, -0.15) is 0 Å². The second kappa shape index (κ2) is 7.99. The highest BCUT2D eigenvalue weighted by Gasteiger charge is 2.50. The summed E-state index contributed by atoms with van der Waals surface area (Å²) in [6.45, 7) is 0. The van der Waals surface area contributed by atoms with Crippen LogP contribution in [-0.4, -0.2) is 43.1 Å². The molecule has 4 aromatic rings. The summed E-state index contributed by atoms with van der Waals surface area (Å²) in [5.74, 6) is -0.309. The first-order valence-corrected chi connectivity index (χ1v) is 11.2. The van der Waals surface area contributed by atoms with Gasteiger partial charge in [0.05, 0.1) is 22.1 Å². The molecular weight excluding hydrogens is 477 g/mol. The molecule has 3 heterocycles. The van der Waals surface area contributed by atoms with Crippen LogP contribution in [0.25, 0.3) is 21.9 Å². The number of aromatic nitrogens is 3. The number of nitrogens with zero attached hydrogens (tertiary/aromatic N) is 3. The van der Waals surface area contributed by atoms with E-state index in [9.17, 15) is 10.2 Å². The summed E-state index contributed by atoms with van der Waals surface area (Å²) in [5.41, 5.74) is 14.6. The van der Waals surface area contributed by atoms with Crippen LogP contribution in [-0.2, 0) is 6.42 Å². The zero-order chi connectivity index (χ0) is 22.6. The monoisotopic (exact) mass is 499 g/mol. The molecule has 0 radical (unpaired) electrons. The number of aliphatic hydroxyl groups is 2. The molecule has 1 fully saturated rings. The molecule has 0 aliphatic heterocycles. The van der Waals surface area contributed by atoms with Gasteiger partial charge in [0.15, 0.2) is 0 Å². The van der Waals surface area contributed by atoms with E-state index in [1.807, 2.05) is 24.3 Å². The van der Waals surface area contributed by atoms with Gasteiger partial charge in [-0.05, 0) is 58.6 Å². The van der Waals surface area contributed by atoms with Gasteiger partial charge in [0.2, 0.25) is 0 Å². The second-order valence-electron chi connectivity index (χ2n) is 8.36. The Morgan fingerprint density at radius 1 is 1.09 bits per heavy atom. The highest BCUT2D eigenvalue weighted by molar-refractivity contribution is 9.10. The molecule has 5 rings (SSSR count). The van der Waals surface area contributed by atoms with Crippen molar-refractivity contribution in [2.75, 3.05) is 11.5 Å². The molecule has 1 saturated carbocycles. The van der Waals surface area contributed by atoms with Crippen molar-refractivity contribution in [3.63, 3.8) is 0 Å². The van der Waals surface area contributed by atoms with Crippen molar-refractivity contribution in [3.8, 4) is 0 Å². The van der Waals surface area contributed by atoms with Crippen molar-refractivity contribution in [2.45, 2.75) is 37.3 Å². The maximum Gasteiger partial charge on any atom is 0.142 e. The van der Waals surface area contributed by atoms with Crippen molar-refractivity contribution in [2.24, 2.45) is 5.92 Å². The first-order chi connectivity index (χ1) is 15.3. The zero-order valence-electron chi connectivity index (χ0n) is 17.1. The second-order valence-corrected chi connectivity index (χ2v) is 9.22. The Labute approximate surface area is 192 Å². The smallest absolute Gasteiger partial charge is 0.142 e. The number of aryl methyl sites for hydroxylation is 1. The van der Waals surface area contributed by atoms with E-state index in [1.54, 1.807) is 29.1 Å². The molecule has 9 heteroatoms. The zero-order valence-corrected chi connectivity index (χ0v) is 18.7. The molecule has 5 atom stereocenters. The molecule has 0 bridgehead atoms. The third-order valence-corrected chi connectivity index (χ3v) is 7.11. The van der Waals surface area contributed by atoms with Gasteiger partial charge in [0, 0.05) is 34.8 Å². The summed E-state index contributed by atoms with van der Waals surface area (Å²) < 4.78 is 17.9. The summed E-state index contributed by atoms with van der Waals surface area (Å²) >= 11 is 3.38. The van der Waals surface area contributed by atoms with Gasteiger partial charge < -0.3 is 26.2 Å². The van der Waals surface area contributed by atoms with E-state index in [4.69, 9.17) is 11.5 Å². The molecule has 0 amide bonds. The molecule has 1 aliphatic carbocycles. The lowest BCUT2D eigenvalue weighted by molar-refractivity contribution is 0.00531. The molecule has 3 aromatic heterocycles. The third kappa shape index (κ3) is 3.41. The van der Waals surface area contributed by atoms with Gasteiger partial charge >= 0.3 is 0 Å². The first-order valence-electron chi connectivity index (χ1n) is 10.4. The van der Waals surface area contributed by atoms with Crippen LogP contribution in [0.4, 0.5) is 15.9 Å². The molecule has 6 N–H and O–H groups in total. The maximum absolute atomic E-state index is 15.6. The fraction of sp³-hybridized carbons (Fsp3) is 0.304. The Balaban J connectivity index is 1.38. The average molecular weight is 500 g/mol. The summed E-state index contributed by atoms with van der Waals surface area (Å²) in [4.78, 5) is 8.69. The van der Waals surface area contributed by atoms with Crippen LogP contribution in [0.3, 0.4) is 0 Å². The Bertz CT molecular complexity index is 1310. The van der Waals surface area contributed by atoms with Crippen LogP contribution in [0, 0.1) is 5.92 Å². The lowest BCUT2D eigenvalue weighted by Crippen LogP contribution is -2.29. The number of alkyl halides is 1. The molecule has 1 aliphatic rings. The standard InChI is InChI=1S/C23H23BrFN5O2/c24-15-10-12-3-1-11(9-17(12)29-22(15)27)2-4-14-18(25)19(21(32)20(14)31)30-8-6-13-16(26)5-7-28-23(13)30/h1,3,5-10,14,18-21,31-32H,2,4H2,(H2,26,28)(H2,27,29)/t14-,18+,19+,20+,21-/m0/s1. The number of rotatable bonds is 4. The highest BCUT2D eigenvalue weighted by Crippen LogP contribution is 2.42. The largest absolute Gasteiger partial charge is 0.398 e. The minimum atomic E-state index is -1.44. The molecule has 32 heavy (non-hydrogen) atoms. The number of anilines is 2. The fourth-order valence-corrected chi connectivity index (χ4v) is 5.08. The number of fused-ring (bicyclic) bond motifs is 2. The third-order valence-electron chi connectivity index (χ3n) is 6.47. The predicted octanol–water partition coefficient (Wildman–Crippen LogP) is 3.38. The Morgan fingerprint density at radius 2 is 1.91 bits per heavy atom. The quantitative estimate of drug-likeness (QED) is 0.341. The van der Waals surface area contributed by atoms with Gasteiger partial charge in [-0.25, -0.2) is 14.4 Å². The fourth-order valence-electron chi connectivity index (χ4n) is 4.74. The average Bonchev–Trinajstić information content (AvgIpc) is 3.27. The van der Waals surface area contributed by atoms with E-state index in [0.29, 0.717) is 35.4 Å². The van der Waals surface area contributed by atoms with E-state index in [1.165, 1.54) is 0 Å². The van der Waals surface area contributed by atoms with Gasteiger partial charge in [-0.15, -0.1) is 0 Å². The van der Waals surface area contributed by atoms with Gasteiger partial charge in [0.1, 0.15) is 23.7 Å². The SMILES string of the molecule is Nc1nc2cc(CC[C@@H]3[C@@H](O)[C@@H](O)[C@H](n4ccc5c(N)ccnc54)[C@@H]3F)ccc2cc1Br. The van der Waals surface area contributed by atoms with E-state index in [2.05, 4.69) is 25.9 Å². The lowest BCUT2D eigenvalue weighted by Gasteiger charge is -2.20.